The van der Waals surface area contributed by atoms with Crippen LogP contribution in [-0.4, -0.2) is 23.4 Å². The largest absolute Gasteiger partial charge is 0.328 e. The van der Waals surface area contributed by atoms with Gasteiger partial charge in [-0.05, 0) is 19.4 Å². The number of fused-ring (bicyclic) bond motifs is 1. The summed E-state index contributed by atoms with van der Waals surface area (Å²) < 4.78 is 0. The standard InChI is InChI=1S/C13H16N2O/c1-9(14)7-8-15-10(2)11-5-3-4-6-12(11)13(15)16/h3-6,9H,2,7-8,14H2,1H3. The third kappa shape index (κ3) is 1.74. The molecule has 0 saturated heterocycles. The van der Waals surface area contributed by atoms with E-state index in [-0.39, 0.29) is 11.9 Å². The molecule has 0 bridgehead atoms. The highest BCUT2D eigenvalue weighted by Crippen LogP contribution is 2.30. The van der Waals surface area contributed by atoms with Gasteiger partial charge in [-0.2, -0.15) is 0 Å². The van der Waals surface area contributed by atoms with Gasteiger partial charge in [-0.3, -0.25) is 4.79 Å². The first kappa shape index (κ1) is 10.9. The molecule has 0 radical (unpaired) electrons. The molecule has 1 atom stereocenters. The van der Waals surface area contributed by atoms with Crippen molar-refractivity contribution in [1.29, 1.82) is 0 Å². The van der Waals surface area contributed by atoms with Crippen molar-refractivity contribution in [3.05, 3.63) is 42.0 Å². The Morgan fingerprint density at radius 2 is 2.00 bits per heavy atom. The first-order valence-corrected chi connectivity index (χ1v) is 5.47. The van der Waals surface area contributed by atoms with Gasteiger partial charge in [0.1, 0.15) is 0 Å². The zero-order valence-electron chi connectivity index (χ0n) is 9.44. The summed E-state index contributed by atoms with van der Waals surface area (Å²) in [5.74, 6) is 0.0428. The molecule has 0 aliphatic carbocycles. The molecule has 1 aromatic carbocycles. The van der Waals surface area contributed by atoms with E-state index in [4.69, 9.17) is 5.73 Å². The van der Waals surface area contributed by atoms with E-state index in [1.165, 1.54) is 0 Å². The van der Waals surface area contributed by atoms with Gasteiger partial charge in [-0.1, -0.05) is 24.8 Å². The van der Waals surface area contributed by atoms with Crippen molar-refractivity contribution in [1.82, 2.24) is 4.90 Å². The van der Waals surface area contributed by atoms with Gasteiger partial charge in [-0.25, -0.2) is 0 Å². The third-order valence-corrected chi connectivity index (χ3v) is 2.85. The van der Waals surface area contributed by atoms with Crippen molar-refractivity contribution in [3.8, 4) is 0 Å². The Kier molecular flexibility index (Phi) is 2.79. The van der Waals surface area contributed by atoms with Crippen molar-refractivity contribution in [2.45, 2.75) is 19.4 Å². The Balaban J connectivity index is 2.22. The number of hydrogen-bond donors (Lipinski definition) is 1. The highest BCUT2D eigenvalue weighted by Gasteiger charge is 2.29. The van der Waals surface area contributed by atoms with Gasteiger partial charge in [0, 0.05) is 29.4 Å². The smallest absolute Gasteiger partial charge is 0.258 e. The van der Waals surface area contributed by atoms with Gasteiger partial charge in [0.2, 0.25) is 0 Å². The number of hydrogen-bond acceptors (Lipinski definition) is 2. The van der Waals surface area contributed by atoms with Crippen LogP contribution in [0.25, 0.3) is 5.70 Å². The van der Waals surface area contributed by atoms with Gasteiger partial charge in [0.05, 0.1) is 0 Å². The molecule has 84 valence electrons. The maximum absolute atomic E-state index is 12.0. The molecule has 3 heteroatoms. The van der Waals surface area contributed by atoms with E-state index >= 15 is 0 Å². The van der Waals surface area contributed by atoms with Gasteiger partial charge in [0.15, 0.2) is 0 Å². The number of nitrogens with zero attached hydrogens (tertiary/aromatic N) is 1. The summed E-state index contributed by atoms with van der Waals surface area (Å²) in [4.78, 5) is 13.8. The molecule has 2 N–H and O–H groups in total. The van der Waals surface area contributed by atoms with Crippen LogP contribution in [0.2, 0.25) is 0 Å². The van der Waals surface area contributed by atoms with E-state index in [2.05, 4.69) is 6.58 Å². The molecular formula is C13H16N2O. The summed E-state index contributed by atoms with van der Waals surface area (Å²) in [7, 11) is 0. The molecule has 3 nitrogen and oxygen atoms in total. The summed E-state index contributed by atoms with van der Waals surface area (Å²) in [6.07, 6.45) is 0.790. The summed E-state index contributed by atoms with van der Waals surface area (Å²) in [6, 6.07) is 7.67. The van der Waals surface area contributed by atoms with Crippen molar-refractivity contribution in [2.24, 2.45) is 5.73 Å². The number of nitrogens with two attached hydrogens (primary N) is 1. The van der Waals surface area contributed by atoms with Crippen LogP contribution in [0.3, 0.4) is 0 Å². The minimum atomic E-state index is 0.0428. The molecule has 1 heterocycles. The van der Waals surface area contributed by atoms with Crippen LogP contribution in [0.4, 0.5) is 0 Å². The maximum Gasteiger partial charge on any atom is 0.258 e. The van der Waals surface area contributed by atoms with Crippen molar-refractivity contribution >= 4 is 11.6 Å². The molecule has 1 aliphatic heterocycles. The molecule has 0 fully saturated rings. The zero-order chi connectivity index (χ0) is 11.7. The topological polar surface area (TPSA) is 46.3 Å². The Morgan fingerprint density at radius 1 is 1.38 bits per heavy atom. The first-order valence-electron chi connectivity index (χ1n) is 5.47. The minimum Gasteiger partial charge on any atom is -0.328 e. The number of amides is 1. The van der Waals surface area contributed by atoms with Crippen LogP contribution >= 0.6 is 0 Å². The average Bonchev–Trinajstić information content (AvgIpc) is 2.50. The number of carbonyl (C=O) groups is 1. The van der Waals surface area contributed by atoms with E-state index < -0.39 is 0 Å². The van der Waals surface area contributed by atoms with Crippen LogP contribution in [0.15, 0.2) is 30.8 Å². The molecule has 16 heavy (non-hydrogen) atoms. The highest BCUT2D eigenvalue weighted by atomic mass is 16.2. The lowest BCUT2D eigenvalue weighted by Gasteiger charge is -2.18. The number of benzene rings is 1. The Bertz CT molecular complexity index is 402. The SMILES string of the molecule is C=C1c2ccccc2C(=O)N1CCC(C)N. The molecule has 2 rings (SSSR count). The fourth-order valence-corrected chi connectivity index (χ4v) is 1.90. The molecule has 0 spiro atoms. The molecule has 1 aliphatic rings. The van der Waals surface area contributed by atoms with E-state index in [1.807, 2.05) is 31.2 Å². The van der Waals surface area contributed by atoms with Gasteiger partial charge >= 0.3 is 0 Å². The fourth-order valence-electron chi connectivity index (χ4n) is 1.90. The Hall–Kier alpha value is -1.61. The molecular weight excluding hydrogens is 200 g/mol. The molecule has 1 amide bonds. The second-order valence-corrected chi connectivity index (χ2v) is 4.22. The van der Waals surface area contributed by atoms with Crippen LogP contribution in [-0.2, 0) is 0 Å². The van der Waals surface area contributed by atoms with Crippen molar-refractivity contribution in [2.75, 3.05) is 6.54 Å². The van der Waals surface area contributed by atoms with E-state index in [1.54, 1.807) is 4.90 Å². The molecule has 0 aromatic heterocycles. The summed E-state index contributed by atoms with van der Waals surface area (Å²) in [5, 5.41) is 0. The van der Waals surface area contributed by atoms with Crippen LogP contribution in [0.1, 0.15) is 29.3 Å². The lowest BCUT2D eigenvalue weighted by molar-refractivity contribution is 0.0848. The average molecular weight is 216 g/mol. The quantitative estimate of drug-likeness (QED) is 0.838. The monoisotopic (exact) mass is 216 g/mol. The summed E-state index contributed by atoms with van der Waals surface area (Å²) in [6.45, 7) is 6.55. The number of carbonyl (C=O) groups excluding carboxylic acids is 1. The second-order valence-electron chi connectivity index (χ2n) is 4.22. The molecule has 0 saturated carbocycles. The lowest BCUT2D eigenvalue weighted by atomic mass is 10.1. The normalized spacial score (nSPS) is 16.5. The molecule has 1 aromatic rings. The summed E-state index contributed by atoms with van der Waals surface area (Å²) >= 11 is 0. The Morgan fingerprint density at radius 3 is 2.56 bits per heavy atom. The first-order chi connectivity index (χ1) is 7.61. The van der Waals surface area contributed by atoms with Crippen LogP contribution < -0.4 is 5.73 Å². The fraction of sp³-hybridized carbons (Fsp3) is 0.308. The lowest BCUT2D eigenvalue weighted by Crippen LogP contribution is -2.28. The third-order valence-electron chi connectivity index (χ3n) is 2.85. The van der Waals surface area contributed by atoms with E-state index in [0.29, 0.717) is 6.54 Å². The Labute approximate surface area is 95.6 Å². The van der Waals surface area contributed by atoms with E-state index in [0.717, 1.165) is 23.2 Å². The van der Waals surface area contributed by atoms with Gasteiger partial charge in [0.25, 0.3) is 5.91 Å². The number of rotatable bonds is 3. The second kappa shape index (κ2) is 4.10. The van der Waals surface area contributed by atoms with Crippen molar-refractivity contribution < 1.29 is 4.79 Å². The van der Waals surface area contributed by atoms with E-state index in [9.17, 15) is 4.79 Å². The zero-order valence-corrected chi connectivity index (χ0v) is 9.44. The minimum absolute atomic E-state index is 0.0428. The summed E-state index contributed by atoms with van der Waals surface area (Å²) in [5.41, 5.74) is 8.18. The van der Waals surface area contributed by atoms with Crippen molar-refractivity contribution in [3.63, 3.8) is 0 Å². The predicted octanol–water partition coefficient (Wildman–Crippen LogP) is 1.85. The predicted molar refractivity (Wildman–Crippen MR) is 64.8 cm³/mol. The van der Waals surface area contributed by atoms with Gasteiger partial charge < -0.3 is 10.6 Å². The van der Waals surface area contributed by atoms with Crippen LogP contribution in [0.5, 0.6) is 0 Å². The van der Waals surface area contributed by atoms with Crippen LogP contribution in [0, 0.1) is 0 Å². The maximum atomic E-state index is 12.0. The van der Waals surface area contributed by atoms with Gasteiger partial charge in [-0.15, -0.1) is 0 Å². The highest BCUT2D eigenvalue weighted by molar-refractivity contribution is 6.08. The molecule has 1 unspecified atom stereocenters.